The number of aliphatic hydroxyl groups is 1. The molecule has 3 heterocycles. The highest BCUT2D eigenvalue weighted by molar-refractivity contribution is 5.97. The van der Waals surface area contributed by atoms with Crippen LogP contribution in [0.5, 0.6) is 0 Å². The lowest BCUT2D eigenvalue weighted by Gasteiger charge is -2.30. The Morgan fingerprint density at radius 2 is 1.44 bits per heavy atom. The number of aromatic nitrogens is 4. The van der Waals surface area contributed by atoms with E-state index in [2.05, 4.69) is 51.5 Å². The fourth-order valence-corrected chi connectivity index (χ4v) is 6.26. The summed E-state index contributed by atoms with van der Waals surface area (Å²) in [6.45, 7) is 1.01. The number of guanidine groups is 1. The first-order valence-corrected chi connectivity index (χ1v) is 19.3. The van der Waals surface area contributed by atoms with E-state index in [1.54, 1.807) is 0 Å². The smallest absolute Gasteiger partial charge is 0.326 e. The second-order valence-electron chi connectivity index (χ2n) is 14.1. The summed E-state index contributed by atoms with van der Waals surface area (Å²) >= 11 is 0. The molecule has 1 aliphatic rings. The van der Waals surface area contributed by atoms with Gasteiger partial charge in [-0.05, 0) is 58.4 Å². The molecule has 6 amide bonds. The molecular weight excluding hydrogens is 774 g/mol. The average Bonchev–Trinajstić information content (AvgIpc) is 4.01. The second-order valence-corrected chi connectivity index (χ2v) is 14.1. The number of H-pyrrole nitrogens is 2. The third-order valence-electron chi connectivity index (χ3n) is 9.47. The summed E-state index contributed by atoms with van der Waals surface area (Å²) in [6.07, 6.45) is 7.78. The molecule has 24 nitrogen and oxygen atoms in total. The van der Waals surface area contributed by atoms with Crippen molar-refractivity contribution in [3.05, 3.63) is 36.4 Å². The van der Waals surface area contributed by atoms with Crippen molar-refractivity contribution in [1.29, 1.82) is 0 Å². The van der Waals surface area contributed by atoms with Crippen LogP contribution in [0.15, 0.2) is 30.0 Å². The highest BCUT2D eigenvalue weighted by atomic mass is 16.4. The molecule has 326 valence electrons. The fourth-order valence-electron chi connectivity index (χ4n) is 6.26. The number of carbonyl (C=O) groups is 7. The number of hydrogen-bond donors (Lipinski definition) is 13. The normalized spacial score (nSPS) is 16.7. The van der Waals surface area contributed by atoms with Crippen LogP contribution in [-0.2, 0) is 46.4 Å². The lowest BCUT2D eigenvalue weighted by Crippen LogP contribution is -2.60. The molecule has 0 radical (unpaired) electrons. The molecule has 1 aliphatic heterocycles. The number of amides is 6. The molecule has 0 aromatic carbocycles. The molecule has 0 aliphatic carbocycles. The number of nitrogens with one attached hydrogen (secondary N) is 7. The van der Waals surface area contributed by atoms with Gasteiger partial charge in [-0.25, -0.2) is 14.8 Å². The van der Waals surface area contributed by atoms with Gasteiger partial charge in [0.1, 0.15) is 36.3 Å². The van der Waals surface area contributed by atoms with Crippen LogP contribution in [0.2, 0.25) is 0 Å². The van der Waals surface area contributed by atoms with E-state index in [0.717, 1.165) is 0 Å². The maximum absolute atomic E-state index is 13.7. The molecule has 7 atom stereocenters. The van der Waals surface area contributed by atoms with Gasteiger partial charge >= 0.3 is 5.97 Å². The van der Waals surface area contributed by atoms with Gasteiger partial charge in [0.25, 0.3) is 0 Å². The molecule has 2 aromatic rings. The number of carboxylic acids is 1. The zero-order chi connectivity index (χ0) is 43.5. The lowest BCUT2D eigenvalue weighted by molar-refractivity contribution is -0.144. The Balaban J connectivity index is 1.66. The summed E-state index contributed by atoms with van der Waals surface area (Å²) in [6, 6.07) is -8.62. The van der Waals surface area contributed by atoms with Gasteiger partial charge in [0.15, 0.2) is 5.96 Å². The minimum atomic E-state index is -1.53. The first-order chi connectivity index (χ1) is 28.1. The van der Waals surface area contributed by atoms with Crippen molar-refractivity contribution in [2.75, 3.05) is 26.2 Å². The van der Waals surface area contributed by atoms with Crippen molar-refractivity contribution in [3.63, 3.8) is 0 Å². The average molecular weight is 832 g/mol. The molecule has 2 aromatic heterocycles. The third kappa shape index (κ3) is 15.3. The summed E-state index contributed by atoms with van der Waals surface area (Å²) in [5.74, 6) is -5.98. The van der Waals surface area contributed by atoms with Crippen molar-refractivity contribution >= 4 is 47.4 Å². The van der Waals surface area contributed by atoms with Gasteiger partial charge in [-0.3, -0.25) is 33.8 Å². The Hall–Kier alpha value is -6.14. The SMILES string of the molecule is CC(NC(=O)C(Cc1cnc[nH]1)NC(=O)C(N)Cc1cnc[nH]1)C(=O)NC(CO)C(=O)N1CCCC1C(=O)NC(CCCN=C(N)N)C(=O)NC(CCCCN)C(=O)O. The Kier molecular flexibility index (Phi) is 19.2. The van der Waals surface area contributed by atoms with E-state index in [1.807, 2.05) is 0 Å². The maximum Gasteiger partial charge on any atom is 0.326 e. The van der Waals surface area contributed by atoms with Gasteiger partial charge < -0.3 is 74.6 Å². The number of aromatic amines is 2. The predicted octanol–water partition coefficient (Wildman–Crippen LogP) is -5.06. The molecule has 1 saturated heterocycles. The molecule has 24 heteroatoms. The van der Waals surface area contributed by atoms with Crippen LogP contribution >= 0.6 is 0 Å². The Morgan fingerprint density at radius 3 is 2.03 bits per heavy atom. The van der Waals surface area contributed by atoms with Gasteiger partial charge in [-0.2, -0.15) is 0 Å². The van der Waals surface area contributed by atoms with Crippen LogP contribution in [0.1, 0.15) is 63.3 Å². The molecule has 3 rings (SSSR count). The van der Waals surface area contributed by atoms with Crippen molar-refractivity contribution in [1.82, 2.24) is 51.4 Å². The van der Waals surface area contributed by atoms with E-state index in [-0.39, 0.29) is 57.6 Å². The number of rotatable bonds is 25. The Bertz CT molecular complexity index is 1720. The number of aliphatic carboxylic acids is 1. The molecule has 1 fully saturated rings. The Morgan fingerprint density at radius 1 is 0.831 bits per heavy atom. The van der Waals surface area contributed by atoms with Gasteiger partial charge in [0.2, 0.25) is 35.4 Å². The largest absolute Gasteiger partial charge is 0.480 e. The zero-order valence-electron chi connectivity index (χ0n) is 32.9. The summed E-state index contributed by atoms with van der Waals surface area (Å²) < 4.78 is 0. The van der Waals surface area contributed by atoms with E-state index in [1.165, 1.54) is 36.9 Å². The maximum atomic E-state index is 13.7. The molecule has 0 spiro atoms. The highest BCUT2D eigenvalue weighted by Crippen LogP contribution is 2.19. The van der Waals surface area contributed by atoms with Gasteiger partial charge in [0.05, 0.1) is 25.3 Å². The number of aliphatic imine (C=N–C) groups is 1. The van der Waals surface area contributed by atoms with Gasteiger partial charge in [-0.1, -0.05) is 0 Å². The minimum absolute atomic E-state index is 0.0213. The molecular formula is C35H57N15O9. The quantitative estimate of drug-likeness (QED) is 0.0253. The number of imidazole rings is 2. The fraction of sp³-hybridized carbons (Fsp3) is 0.600. The zero-order valence-corrected chi connectivity index (χ0v) is 32.9. The number of nitrogens with zero attached hydrogens (tertiary/aromatic N) is 4. The molecule has 7 unspecified atom stereocenters. The number of carboxylic acid groups (broad SMARTS) is 1. The standard InChI is InChI=1S/C35H57N15O9/c1-19(45-31(55)25(13-21-15-41-18-44-21)48-29(53)22(37)12-20-14-40-17-43-20)28(52)49-26(16-51)33(57)50-11-5-8-27(50)32(56)46-23(7-4-10-42-35(38)39)30(54)47-24(34(58)59)6-2-3-9-36/h14-15,17-19,22-27,51H,2-13,16,36-37H2,1H3,(H,40,43)(H,41,44)(H,45,55)(H,46,56)(H,47,54)(H,48,53)(H,49,52)(H,58,59)(H4,38,39,42). The van der Waals surface area contributed by atoms with Crippen LogP contribution in [0.25, 0.3) is 0 Å². The van der Waals surface area contributed by atoms with Crippen LogP contribution in [0.4, 0.5) is 0 Å². The molecule has 0 saturated carbocycles. The van der Waals surface area contributed by atoms with E-state index in [9.17, 15) is 43.8 Å². The van der Waals surface area contributed by atoms with Gasteiger partial charge in [0, 0.05) is 49.7 Å². The first-order valence-electron chi connectivity index (χ1n) is 19.3. The summed E-state index contributed by atoms with van der Waals surface area (Å²) in [5, 5.41) is 32.5. The van der Waals surface area contributed by atoms with Crippen LogP contribution in [-0.4, -0.2) is 151 Å². The van der Waals surface area contributed by atoms with Crippen molar-refractivity contribution in [3.8, 4) is 0 Å². The summed E-state index contributed by atoms with van der Waals surface area (Å²) in [4.78, 5) is 111. The topological polar surface area (TPSA) is 397 Å². The van der Waals surface area contributed by atoms with Crippen LogP contribution in [0, 0.1) is 0 Å². The van der Waals surface area contributed by atoms with Crippen LogP contribution < -0.4 is 49.5 Å². The number of unbranched alkanes of at least 4 members (excludes halogenated alkanes) is 1. The molecule has 0 bridgehead atoms. The van der Waals surface area contributed by atoms with Gasteiger partial charge in [-0.15, -0.1) is 0 Å². The van der Waals surface area contributed by atoms with Crippen molar-refractivity contribution in [2.45, 2.75) is 107 Å². The number of hydrogen-bond acceptors (Lipinski definition) is 13. The Labute approximate surface area is 339 Å². The number of nitrogens with two attached hydrogens (primary N) is 4. The third-order valence-corrected chi connectivity index (χ3v) is 9.47. The first kappa shape index (κ1) is 47.2. The van der Waals surface area contributed by atoms with Crippen molar-refractivity contribution in [2.24, 2.45) is 27.9 Å². The number of aliphatic hydroxyl groups excluding tert-OH is 1. The lowest BCUT2D eigenvalue weighted by atomic mass is 10.1. The van der Waals surface area contributed by atoms with Crippen molar-refractivity contribution < 1.29 is 43.8 Å². The van der Waals surface area contributed by atoms with E-state index >= 15 is 0 Å². The van der Waals surface area contributed by atoms with E-state index < -0.39 is 90.3 Å². The minimum Gasteiger partial charge on any atom is -0.480 e. The highest BCUT2D eigenvalue weighted by Gasteiger charge is 2.39. The molecule has 17 N–H and O–H groups in total. The number of likely N-dealkylation sites (tertiary alicyclic amines) is 1. The molecule has 59 heavy (non-hydrogen) atoms. The monoisotopic (exact) mass is 831 g/mol. The summed E-state index contributed by atoms with van der Waals surface area (Å²) in [5.41, 5.74) is 23.5. The second kappa shape index (κ2) is 23.9. The van der Waals surface area contributed by atoms with E-state index in [4.69, 9.17) is 22.9 Å². The predicted molar refractivity (Wildman–Crippen MR) is 210 cm³/mol. The summed E-state index contributed by atoms with van der Waals surface area (Å²) in [7, 11) is 0. The van der Waals surface area contributed by atoms with E-state index in [0.29, 0.717) is 37.2 Å². The number of carbonyl (C=O) groups excluding carboxylic acids is 6. The van der Waals surface area contributed by atoms with Crippen LogP contribution in [0.3, 0.4) is 0 Å².